The Morgan fingerprint density at radius 3 is 1.67 bits per heavy atom. The molecule has 0 aromatic heterocycles. The molecule has 0 bridgehead atoms. The van der Waals surface area contributed by atoms with Crippen LogP contribution in [0, 0.1) is 11.8 Å². The Morgan fingerprint density at radius 2 is 1.24 bits per heavy atom. The third kappa shape index (κ3) is 11.3. The SMILES string of the molecule is CC(C)C(NC(=O)C(CCC(=O)O)NC(=O)C(NC(=O)C(N)CCC(N)=O)C(C)C)C(=O)O. The predicted octanol–water partition coefficient (Wildman–Crippen LogP) is -1.70. The van der Waals surface area contributed by atoms with Crippen molar-refractivity contribution < 1.29 is 39.0 Å². The van der Waals surface area contributed by atoms with Crippen molar-refractivity contribution in [3.63, 3.8) is 0 Å². The average molecular weight is 474 g/mol. The zero-order valence-corrected chi connectivity index (χ0v) is 19.3. The minimum Gasteiger partial charge on any atom is -0.481 e. The van der Waals surface area contributed by atoms with Gasteiger partial charge in [-0.05, 0) is 24.7 Å². The van der Waals surface area contributed by atoms with E-state index in [1.54, 1.807) is 27.7 Å². The summed E-state index contributed by atoms with van der Waals surface area (Å²) in [6.07, 6.45) is -0.906. The summed E-state index contributed by atoms with van der Waals surface area (Å²) in [5, 5.41) is 25.4. The fourth-order valence-corrected chi connectivity index (χ4v) is 2.79. The Hall–Kier alpha value is -3.22. The number of rotatable bonds is 15. The molecule has 0 aromatic rings. The second kappa shape index (κ2) is 14.0. The van der Waals surface area contributed by atoms with Gasteiger partial charge >= 0.3 is 11.9 Å². The molecule has 0 aliphatic rings. The van der Waals surface area contributed by atoms with E-state index in [0.29, 0.717) is 0 Å². The smallest absolute Gasteiger partial charge is 0.326 e. The van der Waals surface area contributed by atoms with Gasteiger partial charge in [0, 0.05) is 12.8 Å². The van der Waals surface area contributed by atoms with Gasteiger partial charge in [-0.2, -0.15) is 0 Å². The minimum absolute atomic E-state index is 0.0248. The summed E-state index contributed by atoms with van der Waals surface area (Å²) in [5.74, 6) is -6.38. The number of hydrogen-bond acceptors (Lipinski definition) is 7. The molecule has 0 rings (SSSR count). The van der Waals surface area contributed by atoms with E-state index < -0.39 is 78.0 Å². The molecule has 4 unspecified atom stereocenters. The molecule has 188 valence electrons. The second-order valence-corrected chi connectivity index (χ2v) is 8.40. The van der Waals surface area contributed by atoms with Crippen molar-refractivity contribution in [3.8, 4) is 0 Å². The number of carboxylic acids is 2. The number of hydrogen-bond donors (Lipinski definition) is 7. The first kappa shape index (κ1) is 29.8. The fraction of sp³-hybridized carbons (Fsp3) is 0.700. The first-order valence-corrected chi connectivity index (χ1v) is 10.6. The lowest BCUT2D eigenvalue weighted by molar-refractivity contribution is -0.144. The zero-order valence-electron chi connectivity index (χ0n) is 19.3. The molecule has 13 nitrogen and oxygen atoms in total. The summed E-state index contributed by atoms with van der Waals surface area (Å²) in [6.45, 7) is 6.42. The normalized spacial score (nSPS) is 14.6. The van der Waals surface area contributed by atoms with Gasteiger partial charge in [-0.1, -0.05) is 27.7 Å². The second-order valence-electron chi connectivity index (χ2n) is 8.40. The molecule has 0 aliphatic carbocycles. The molecule has 0 fully saturated rings. The summed E-state index contributed by atoms with van der Waals surface area (Å²) in [5.41, 5.74) is 10.8. The molecule has 0 aliphatic heterocycles. The van der Waals surface area contributed by atoms with Crippen LogP contribution in [0.3, 0.4) is 0 Å². The first-order chi connectivity index (χ1) is 15.2. The molecule has 13 heteroatoms. The van der Waals surface area contributed by atoms with Crippen LogP contribution in [0.25, 0.3) is 0 Å². The molecule has 0 radical (unpaired) electrons. The highest BCUT2D eigenvalue weighted by molar-refractivity contribution is 5.94. The van der Waals surface area contributed by atoms with Gasteiger partial charge in [0.2, 0.25) is 23.6 Å². The molecule has 0 saturated carbocycles. The monoisotopic (exact) mass is 473 g/mol. The van der Waals surface area contributed by atoms with Crippen LogP contribution in [-0.4, -0.2) is 69.9 Å². The van der Waals surface area contributed by atoms with Crippen LogP contribution in [0.1, 0.15) is 53.4 Å². The fourth-order valence-electron chi connectivity index (χ4n) is 2.79. The molecular formula is C20H35N5O8. The van der Waals surface area contributed by atoms with Crippen molar-refractivity contribution >= 4 is 35.6 Å². The van der Waals surface area contributed by atoms with E-state index in [-0.39, 0.29) is 19.3 Å². The van der Waals surface area contributed by atoms with E-state index in [1.165, 1.54) is 0 Å². The standard InChI is InChI=1S/C20H35N5O8/c1-9(2)15(24-17(29)11(21)5-7-13(22)26)19(31)23-12(6-8-14(27)28)18(30)25-16(10(3)4)20(32)33/h9-12,15-16H,5-8,21H2,1-4H3,(H2,22,26)(H,23,31)(H,24,29)(H,25,30)(H,27,28)(H,32,33). The van der Waals surface area contributed by atoms with Crippen LogP contribution < -0.4 is 27.4 Å². The van der Waals surface area contributed by atoms with E-state index in [2.05, 4.69) is 16.0 Å². The summed E-state index contributed by atoms with van der Waals surface area (Å²) < 4.78 is 0. The Labute approximate surface area is 192 Å². The third-order valence-electron chi connectivity index (χ3n) is 4.80. The van der Waals surface area contributed by atoms with Crippen LogP contribution >= 0.6 is 0 Å². The van der Waals surface area contributed by atoms with Crippen LogP contribution in [0.5, 0.6) is 0 Å². The summed E-state index contributed by atoms with van der Waals surface area (Å²) in [7, 11) is 0. The Kier molecular flexibility index (Phi) is 12.7. The largest absolute Gasteiger partial charge is 0.481 e. The molecule has 0 aromatic carbocycles. The molecule has 0 spiro atoms. The quantitative estimate of drug-likeness (QED) is 0.143. The number of nitrogens with two attached hydrogens (primary N) is 2. The van der Waals surface area contributed by atoms with Crippen molar-refractivity contribution in [2.45, 2.75) is 77.5 Å². The molecule has 9 N–H and O–H groups in total. The summed E-state index contributed by atoms with van der Waals surface area (Å²) in [4.78, 5) is 71.0. The average Bonchev–Trinajstić information content (AvgIpc) is 2.69. The Morgan fingerprint density at radius 1 is 0.727 bits per heavy atom. The number of nitrogens with one attached hydrogen (secondary N) is 3. The van der Waals surface area contributed by atoms with Gasteiger partial charge < -0.3 is 37.6 Å². The van der Waals surface area contributed by atoms with Gasteiger partial charge in [0.15, 0.2) is 0 Å². The molecular weight excluding hydrogens is 438 g/mol. The summed E-state index contributed by atoms with van der Waals surface area (Å²) in [6, 6.07) is -4.82. The number of carbonyl (C=O) groups excluding carboxylic acids is 4. The maximum absolute atomic E-state index is 12.8. The van der Waals surface area contributed by atoms with Gasteiger partial charge in [-0.3, -0.25) is 24.0 Å². The van der Waals surface area contributed by atoms with Crippen LogP contribution in [-0.2, 0) is 28.8 Å². The number of primary amides is 1. The van der Waals surface area contributed by atoms with Gasteiger partial charge in [-0.15, -0.1) is 0 Å². The van der Waals surface area contributed by atoms with Gasteiger partial charge in [0.1, 0.15) is 18.1 Å². The number of carboxylic acid groups (broad SMARTS) is 2. The van der Waals surface area contributed by atoms with E-state index in [1.807, 2.05) is 0 Å². The minimum atomic E-state index is -1.35. The molecule has 33 heavy (non-hydrogen) atoms. The first-order valence-electron chi connectivity index (χ1n) is 10.6. The lowest BCUT2D eigenvalue weighted by Crippen LogP contribution is -2.58. The third-order valence-corrected chi connectivity index (χ3v) is 4.80. The molecule has 4 atom stereocenters. The number of aliphatic carboxylic acids is 2. The Balaban J connectivity index is 5.46. The van der Waals surface area contributed by atoms with Gasteiger partial charge in [0.25, 0.3) is 0 Å². The highest BCUT2D eigenvalue weighted by atomic mass is 16.4. The predicted molar refractivity (Wildman–Crippen MR) is 116 cm³/mol. The van der Waals surface area contributed by atoms with Gasteiger partial charge in [-0.25, -0.2) is 4.79 Å². The molecule has 0 heterocycles. The van der Waals surface area contributed by atoms with Crippen molar-refractivity contribution in [1.82, 2.24) is 16.0 Å². The zero-order chi connectivity index (χ0) is 25.9. The maximum atomic E-state index is 12.8. The lowest BCUT2D eigenvalue weighted by atomic mass is 10.0. The van der Waals surface area contributed by atoms with Crippen LogP contribution in [0.4, 0.5) is 0 Å². The highest BCUT2D eigenvalue weighted by Gasteiger charge is 2.32. The maximum Gasteiger partial charge on any atom is 0.326 e. The van der Waals surface area contributed by atoms with E-state index >= 15 is 0 Å². The number of amides is 4. The summed E-state index contributed by atoms with van der Waals surface area (Å²) >= 11 is 0. The van der Waals surface area contributed by atoms with E-state index in [0.717, 1.165) is 0 Å². The van der Waals surface area contributed by atoms with Crippen LogP contribution in [0.2, 0.25) is 0 Å². The van der Waals surface area contributed by atoms with Gasteiger partial charge in [0.05, 0.1) is 6.04 Å². The van der Waals surface area contributed by atoms with Crippen molar-refractivity contribution in [3.05, 3.63) is 0 Å². The Bertz CT molecular complexity index is 740. The number of carbonyl (C=O) groups is 6. The topological polar surface area (TPSA) is 231 Å². The lowest BCUT2D eigenvalue weighted by Gasteiger charge is -2.27. The molecule has 4 amide bonds. The van der Waals surface area contributed by atoms with Crippen LogP contribution in [0.15, 0.2) is 0 Å². The van der Waals surface area contributed by atoms with Crippen molar-refractivity contribution in [1.29, 1.82) is 0 Å². The van der Waals surface area contributed by atoms with Crippen molar-refractivity contribution in [2.24, 2.45) is 23.3 Å². The van der Waals surface area contributed by atoms with Crippen molar-refractivity contribution in [2.75, 3.05) is 0 Å². The highest BCUT2D eigenvalue weighted by Crippen LogP contribution is 2.08. The van der Waals surface area contributed by atoms with E-state index in [4.69, 9.17) is 16.6 Å². The van der Waals surface area contributed by atoms with E-state index in [9.17, 15) is 33.9 Å². The molecule has 0 saturated heterocycles.